The summed E-state index contributed by atoms with van der Waals surface area (Å²) in [6.07, 6.45) is 5.16. The maximum atomic E-state index is 12.2. The predicted molar refractivity (Wildman–Crippen MR) is 82.6 cm³/mol. The molecule has 0 aromatic carbocycles. The minimum absolute atomic E-state index is 0.0120. The van der Waals surface area contributed by atoms with Crippen LogP contribution in [0.15, 0.2) is 0 Å². The Labute approximate surface area is 123 Å². The molecule has 4 heteroatoms. The van der Waals surface area contributed by atoms with Crippen molar-refractivity contribution in [3.8, 4) is 0 Å². The largest absolute Gasteiger partial charge is 0.354 e. The Hall–Kier alpha value is -0.610. The third-order valence-electron chi connectivity index (χ3n) is 4.77. The van der Waals surface area contributed by atoms with Crippen molar-refractivity contribution < 1.29 is 4.79 Å². The summed E-state index contributed by atoms with van der Waals surface area (Å²) in [5.41, 5.74) is 0. The van der Waals surface area contributed by atoms with Crippen molar-refractivity contribution in [2.45, 2.75) is 58.5 Å². The Bertz CT molecular complexity index is 313. The first-order chi connectivity index (χ1) is 9.58. The van der Waals surface area contributed by atoms with Crippen molar-refractivity contribution >= 4 is 5.91 Å². The van der Waals surface area contributed by atoms with Crippen LogP contribution in [0.4, 0.5) is 0 Å². The van der Waals surface area contributed by atoms with Gasteiger partial charge in [0.1, 0.15) is 0 Å². The van der Waals surface area contributed by atoms with Gasteiger partial charge in [-0.25, -0.2) is 0 Å². The average Bonchev–Trinajstić information content (AvgIpc) is 2.98. The smallest absolute Gasteiger partial charge is 0.237 e. The van der Waals surface area contributed by atoms with Gasteiger partial charge in [0, 0.05) is 19.1 Å². The average molecular weight is 281 g/mol. The van der Waals surface area contributed by atoms with Crippen LogP contribution in [0.2, 0.25) is 0 Å². The lowest BCUT2D eigenvalue weighted by molar-refractivity contribution is -0.126. The second-order valence-electron chi connectivity index (χ2n) is 6.92. The SMILES string of the molecule is CC(C)CNC(=O)C(C)N1CCCC(C2CCCN2)C1. The molecule has 0 bridgehead atoms. The summed E-state index contributed by atoms with van der Waals surface area (Å²) in [7, 11) is 0. The normalized spacial score (nSPS) is 29.6. The molecule has 2 fully saturated rings. The fourth-order valence-electron chi connectivity index (χ4n) is 3.45. The maximum Gasteiger partial charge on any atom is 0.237 e. The van der Waals surface area contributed by atoms with Gasteiger partial charge in [-0.05, 0) is 57.5 Å². The van der Waals surface area contributed by atoms with E-state index in [2.05, 4.69) is 36.3 Å². The van der Waals surface area contributed by atoms with Crippen molar-refractivity contribution in [1.29, 1.82) is 0 Å². The number of hydrogen-bond acceptors (Lipinski definition) is 3. The van der Waals surface area contributed by atoms with Crippen LogP contribution in [0.25, 0.3) is 0 Å². The highest BCUT2D eigenvalue weighted by Crippen LogP contribution is 2.25. The van der Waals surface area contributed by atoms with E-state index in [0.29, 0.717) is 12.0 Å². The lowest BCUT2D eigenvalue weighted by atomic mass is 9.89. The third-order valence-corrected chi connectivity index (χ3v) is 4.77. The molecule has 116 valence electrons. The maximum absolute atomic E-state index is 12.2. The number of nitrogens with zero attached hydrogens (tertiary/aromatic N) is 1. The molecule has 1 amide bonds. The Kier molecular flexibility index (Phi) is 5.85. The van der Waals surface area contributed by atoms with Crippen LogP contribution in [-0.4, -0.2) is 49.1 Å². The van der Waals surface area contributed by atoms with Gasteiger partial charge in [0.25, 0.3) is 0 Å². The quantitative estimate of drug-likeness (QED) is 0.805. The first-order valence-corrected chi connectivity index (χ1v) is 8.33. The molecule has 2 heterocycles. The topological polar surface area (TPSA) is 44.4 Å². The second kappa shape index (κ2) is 7.41. The van der Waals surface area contributed by atoms with Gasteiger partial charge in [0.15, 0.2) is 0 Å². The van der Waals surface area contributed by atoms with Gasteiger partial charge in [-0.15, -0.1) is 0 Å². The zero-order valence-electron chi connectivity index (χ0n) is 13.3. The zero-order valence-corrected chi connectivity index (χ0v) is 13.3. The van der Waals surface area contributed by atoms with Crippen LogP contribution >= 0.6 is 0 Å². The van der Waals surface area contributed by atoms with Crippen LogP contribution < -0.4 is 10.6 Å². The van der Waals surface area contributed by atoms with E-state index in [9.17, 15) is 4.79 Å². The number of hydrogen-bond donors (Lipinski definition) is 2. The molecule has 0 aromatic heterocycles. The Balaban J connectivity index is 1.82. The van der Waals surface area contributed by atoms with Crippen molar-refractivity contribution in [2.24, 2.45) is 11.8 Å². The van der Waals surface area contributed by atoms with Gasteiger partial charge >= 0.3 is 0 Å². The highest BCUT2D eigenvalue weighted by Gasteiger charge is 2.32. The number of rotatable bonds is 5. The van der Waals surface area contributed by atoms with E-state index in [1.54, 1.807) is 0 Å². The first kappa shape index (κ1) is 15.8. The van der Waals surface area contributed by atoms with Crippen LogP contribution in [0.5, 0.6) is 0 Å². The molecule has 0 aromatic rings. The summed E-state index contributed by atoms with van der Waals surface area (Å²) in [6, 6.07) is 0.696. The molecular weight excluding hydrogens is 250 g/mol. The molecule has 4 nitrogen and oxygen atoms in total. The monoisotopic (exact) mass is 281 g/mol. The van der Waals surface area contributed by atoms with Crippen molar-refractivity contribution in [3.05, 3.63) is 0 Å². The molecular formula is C16H31N3O. The summed E-state index contributed by atoms with van der Waals surface area (Å²) in [4.78, 5) is 14.6. The van der Waals surface area contributed by atoms with Gasteiger partial charge in [0.05, 0.1) is 6.04 Å². The van der Waals surface area contributed by atoms with Crippen LogP contribution in [0.1, 0.15) is 46.5 Å². The van der Waals surface area contributed by atoms with Gasteiger partial charge < -0.3 is 10.6 Å². The number of carbonyl (C=O) groups is 1. The van der Waals surface area contributed by atoms with E-state index in [1.165, 1.54) is 32.2 Å². The molecule has 2 aliphatic rings. The Morgan fingerprint density at radius 2 is 2.10 bits per heavy atom. The number of piperidine rings is 1. The Morgan fingerprint density at radius 3 is 2.75 bits per heavy atom. The summed E-state index contributed by atoms with van der Waals surface area (Å²) < 4.78 is 0. The van der Waals surface area contributed by atoms with Crippen LogP contribution in [0.3, 0.4) is 0 Å². The van der Waals surface area contributed by atoms with E-state index >= 15 is 0 Å². The van der Waals surface area contributed by atoms with Gasteiger partial charge in [-0.2, -0.15) is 0 Å². The summed E-state index contributed by atoms with van der Waals surface area (Å²) in [5.74, 6) is 1.44. The van der Waals surface area contributed by atoms with Gasteiger partial charge in [0.2, 0.25) is 5.91 Å². The molecule has 3 atom stereocenters. The molecule has 0 radical (unpaired) electrons. The minimum Gasteiger partial charge on any atom is -0.354 e. The Morgan fingerprint density at radius 1 is 1.30 bits per heavy atom. The van der Waals surface area contributed by atoms with Crippen molar-refractivity contribution in [1.82, 2.24) is 15.5 Å². The lowest BCUT2D eigenvalue weighted by Crippen LogP contribution is -2.52. The van der Waals surface area contributed by atoms with E-state index < -0.39 is 0 Å². The zero-order chi connectivity index (χ0) is 14.5. The summed E-state index contributed by atoms with van der Waals surface area (Å²) in [6.45, 7) is 10.4. The predicted octanol–water partition coefficient (Wildman–Crippen LogP) is 1.61. The molecule has 0 saturated carbocycles. The molecule has 2 N–H and O–H groups in total. The van der Waals surface area contributed by atoms with Crippen molar-refractivity contribution in [2.75, 3.05) is 26.2 Å². The minimum atomic E-state index is 0.0120. The van der Waals surface area contributed by atoms with Gasteiger partial charge in [-0.1, -0.05) is 13.8 Å². The summed E-state index contributed by atoms with van der Waals surface area (Å²) >= 11 is 0. The van der Waals surface area contributed by atoms with E-state index in [1.807, 2.05) is 0 Å². The van der Waals surface area contributed by atoms with E-state index in [0.717, 1.165) is 25.6 Å². The molecule has 3 unspecified atom stereocenters. The molecule has 0 aliphatic carbocycles. The van der Waals surface area contributed by atoms with Crippen LogP contribution in [0, 0.1) is 11.8 Å². The number of likely N-dealkylation sites (tertiary alicyclic amines) is 1. The van der Waals surface area contributed by atoms with Crippen LogP contribution in [-0.2, 0) is 4.79 Å². The molecule has 2 saturated heterocycles. The standard InChI is InChI=1S/C16H31N3O/c1-12(2)10-18-16(20)13(3)19-9-5-6-14(11-19)15-7-4-8-17-15/h12-15,17H,4-11H2,1-3H3,(H,18,20). The number of carbonyl (C=O) groups excluding carboxylic acids is 1. The van der Waals surface area contributed by atoms with Crippen molar-refractivity contribution in [3.63, 3.8) is 0 Å². The third kappa shape index (κ3) is 4.19. The number of nitrogens with one attached hydrogen (secondary N) is 2. The summed E-state index contributed by atoms with van der Waals surface area (Å²) in [5, 5.41) is 6.70. The highest BCUT2D eigenvalue weighted by atomic mass is 16.2. The van der Waals surface area contributed by atoms with E-state index in [-0.39, 0.29) is 11.9 Å². The molecule has 0 spiro atoms. The first-order valence-electron chi connectivity index (χ1n) is 8.33. The number of amides is 1. The lowest BCUT2D eigenvalue weighted by Gasteiger charge is -2.38. The molecule has 20 heavy (non-hydrogen) atoms. The van der Waals surface area contributed by atoms with E-state index in [4.69, 9.17) is 0 Å². The fraction of sp³-hybridized carbons (Fsp3) is 0.938. The second-order valence-corrected chi connectivity index (χ2v) is 6.92. The van der Waals surface area contributed by atoms with Gasteiger partial charge in [-0.3, -0.25) is 9.69 Å². The molecule has 2 aliphatic heterocycles. The fourth-order valence-corrected chi connectivity index (χ4v) is 3.45. The molecule has 2 rings (SSSR count). The highest BCUT2D eigenvalue weighted by molar-refractivity contribution is 5.81.